The van der Waals surface area contributed by atoms with Gasteiger partial charge in [0.1, 0.15) is 11.6 Å². The molecular formula is C18H26F2N2O2. The summed E-state index contributed by atoms with van der Waals surface area (Å²) in [5.74, 6) is -1.44. The molecule has 4 nitrogen and oxygen atoms in total. The fourth-order valence-electron chi connectivity index (χ4n) is 3.20. The largest absolute Gasteiger partial charge is 0.396 e. The molecule has 0 bridgehead atoms. The maximum absolute atomic E-state index is 13.7. The highest BCUT2D eigenvalue weighted by Gasteiger charge is 2.43. The van der Waals surface area contributed by atoms with Gasteiger partial charge in [-0.1, -0.05) is 19.9 Å². The van der Waals surface area contributed by atoms with Gasteiger partial charge in [0, 0.05) is 30.7 Å². The van der Waals surface area contributed by atoms with Crippen molar-refractivity contribution in [2.75, 3.05) is 13.2 Å². The van der Waals surface area contributed by atoms with Gasteiger partial charge < -0.3 is 15.7 Å². The summed E-state index contributed by atoms with van der Waals surface area (Å²) in [4.78, 5) is 12.1. The summed E-state index contributed by atoms with van der Waals surface area (Å²) in [5.41, 5.74) is -0.0632. The number of aliphatic hydroxyl groups is 1. The minimum atomic E-state index is -0.566. The number of carbonyl (C=O) groups is 1. The molecule has 1 aliphatic carbocycles. The average molecular weight is 340 g/mol. The molecule has 1 aromatic carbocycles. The minimum absolute atomic E-state index is 0.0551. The van der Waals surface area contributed by atoms with Crippen molar-refractivity contribution in [2.45, 2.75) is 51.5 Å². The first kappa shape index (κ1) is 18.6. The van der Waals surface area contributed by atoms with E-state index in [1.54, 1.807) is 0 Å². The van der Waals surface area contributed by atoms with Crippen molar-refractivity contribution in [1.29, 1.82) is 0 Å². The maximum Gasteiger partial charge on any atom is 0.315 e. The minimum Gasteiger partial charge on any atom is -0.396 e. The molecule has 134 valence electrons. The molecule has 6 heteroatoms. The summed E-state index contributed by atoms with van der Waals surface area (Å²) in [7, 11) is 0. The van der Waals surface area contributed by atoms with Gasteiger partial charge in [0.2, 0.25) is 0 Å². The maximum atomic E-state index is 13.7. The first-order valence-corrected chi connectivity index (χ1v) is 8.55. The number of aliphatic hydroxyl groups excluding tert-OH is 1. The number of hydrogen-bond acceptors (Lipinski definition) is 2. The Kier molecular flexibility index (Phi) is 6.15. The van der Waals surface area contributed by atoms with E-state index in [1.165, 1.54) is 18.2 Å². The van der Waals surface area contributed by atoms with Crippen molar-refractivity contribution in [3.63, 3.8) is 0 Å². The van der Waals surface area contributed by atoms with Crippen LogP contribution < -0.4 is 10.6 Å². The third-order valence-electron chi connectivity index (χ3n) is 5.24. The lowest BCUT2D eigenvalue weighted by Gasteiger charge is -2.31. The molecular weight excluding hydrogens is 314 g/mol. The standard InChI is InChI=1S/C18H26F2N2O2/c1-3-18(4-2,8-9-23)11-21-17(24)22-15-10-12(15)16-13(19)6-5-7-14(16)20/h5-7,12,15,23H,3-4,8-11H2,1-2H3,(H2,21,22,24). The molecule has 0 radical (unpaired) electrons. The van der Waals surface area contributed by atoms with Gasteiger partial charge in [-0.15, -0.1) is 0 Å². The fourth-order valence-corrected chi connectivity index (χ4v) is 3.20. The molecule has 2 unspecified atom stereocenters. The Labute approximate surface area is 141 Å². The summed E-state index contributed by atoms with van der Waals surface area (Å²) >= 11 is 0. The van der Waals surface area contributed by atoms with E-state index in [4.69, 9.17) is 0 Å². The number of amides is 2. The van der Waals surface area contributed by atoms with Crippen LogP contribution in [0.5, 0.6) is 0 Å². The van der Waals surface area contributed by atoms with Crippen LogP contribution in [0, 0.1) is 17.0 Å². The number of rotatable bonds is 8. The van der Waals surface area contributed by atoms with Crippen LogP contribution in [0.3, 0.4) is 0 Å². The Bertz CT molecular complexity index is 556. The van der Waals surface area contributed by atoms with E-state index < -0.39 is 11.6 Å². The van der Waals surface area contributed by atoms with Gasteiger partial charge in [0.15, 0.2) is 0 Å². The zero-order valence-corrected chi connectivity index (χ0v) is 14.2. The van der Waals surface area contributed by atoms with Crippen molar-refractivity contribution in [3.8, 4) is 0 Å². The van der Waals surface area contributed by atoms with Crippen LogP contribution in [-0.4, -0.2) is 30.3 Å². The molecule has 0 saturated heterocycles. The molecule has 24 heavy (non-hydrogen) atoms. The highest BCUT2D eigenvalue weighted by Crippen LogP contribution is 2.43. The van der Waals surface area contributed by atoms with E-state index in [0.717, 1.165) is 12.8 Å². The van der Waals surface area contributed by atoms with Crippen molar-refractivity contribution in [3.05, 3.63) is 35.4 Å². The number of benzene rings is 1. The SMILES string of the molecule is CCC(CC)(CCO)CNC(=O)NC1CC1c1c(F)cccc1F. The number of halogens is 2. The summed E-state index contributed by atoms with van der Waals surface area (Å²) in [6.45, 7) is 4.63. The van der Waals surface area contributed by atoms with Crippen molar-refractivity contribution < 1.29 is 18.7 Å². The molecule has 2 atom stereocenters. The summed E-state index contributed by atoms with van der Waals surface area (Å²) in [5, 5.41) is 14.8. The van der Waals surface area contributed by atoms with Gasteiger partial charge in [-0.2, -0.15) is 0 Å². The smallest absolute Gasteiger partial charge is 0.315 e. The molecule has 2 amide bonds. The molecule has 3 N–H and O–H groups in total. The van der Waals surface area contributed by atoms with Crippen LogP contribution in [0.15, 0.2) is 18.2 Å². The fraction of sp³-hybridized carbons (Fsp3) is 0.611. The van der Waals surface area contributed by atoms with Gasteiger partial charge in [-0.3, -0.25) is 0 Å². The zero-order chi connectivity index (χ0) is 17.7. The van der Waals surface area contributed by atoms with E-state index in [9.17, 15) is 18.7 Å². The van der Waals surface area contributed by atoms with Crippen LogP contribution in [0.1, 0.15) is 51.0 Å². The van der Waals surface area contributed by atoms with Crippen LogP contribution in [0.2, 0.25) is 0 Å². The summed E-state index contributed by atoms with van der Waals surface area (Å²) in [6.07, 6.45) is 2.88. The third kappa shape index (κ3) is 4.23. The summed E-state index contributed by atoms with van der Waals surface area (Å²) < 4.78 is 27.5. The average Bonchev–Trinajstić information content (AvgIpc) is 3.30. The molecule has 1 fully saturated rings. The monoisotopic (exact) mass is 340 g/mol. The second kappa shape index (κ2) is 7.92. The van der Waals surface area contributed by atoms with E-state index in [0.29, 0.717) is 19.4 Å². The van der Waals surface area contributed by atoms with Gasteiger partial charge in [0.05, 0.1) is 0 Å². The Morgan fingerprint density at radius 3 is 2.46 bits per heavy atom. The topological polar surface area (TPSA) is 61.4 Å². The quantitative estimate of drug-likeness (QED) is 0.680. The molecule has 0 heterocycles. The van der Waals surface area contributed by atoms with E-state index in [-0.39, 0.29) is 35.6 Å². The lowest BCUT2D eigenvalue weighted by molar-refractivity contribution is 0.163. The number of nitrogens with one attached hydrogen (secondary N) is 2. The van der Waals surface area contributed by atoms with Crippen LogP contribution in [0.4, 0.5) is 13.6 Å². The van der Waals surface area contributed by atoms with E-state index in [1.807, 2.05) is 13.8 Å². The first-order chi connectivity index (χ1) is 11.5. The number of urea groups is 1. The molecule has 0 aliphatic heterocycles. The van der Waals surface area contributed by atoms with Crippen molar-refractivity contribution >= 4 is 6.03 Å². The molecule has 2 rings (SSSR count). The van der Waals surface area contributed by atoms with E-state index in [2.05, 4.69) is 10.6 Å². The van der Waals surface area contributed by atoms with Crippen molar-refractivity contribution in [2.24, 2.45) is 5.41 Å². The lowest BCUT2D eigenvalue weighted by atomic mass is 9.79. The Balaban J connectivity index is 1.86. The molecule has 0 spiro atoms. The van der Waals surface area contributed by atoms with Crippen LogP contribution in [0.25, 0.3) is 0 Å². The highest BCUT2D eigenvalue weighted by atomic mass is 19.1. The predicted molar refractivity (Wildman–Crippen MR) is 88.8 cm³/mol. The third-order valence-corrected chi connectivity index (χ3v) is 5.24. The van der Waals surface area contributed by atoms with Gasteiger partial charge in [-0.05, 0) is 43.2 Å². The number of carbonyl (C=O) groups excluding carboxylic acids is 1. The summed E-state index contributed by atoms with van der Waals surface area (Å²) in [6, 6.07) is 3.23. The molecule has 1 aromatic rings. The second-order valence-corrected chi connectivity index (χ2v) is 6.59. The van der Waals surface area contributed by atoms with Crippen LogP contribution in [-0.2, 0) is 0 Å². The van der Waals surface area contributed by atoms with Crippen LogP contribution >= 0.6 is 0 Å². The zero-order valence-electron chi connectivity index (χ0n) is 14.2. The van der Waals surface area contributed by atoms with Gasteiger partial charge in [-0.25, -0.2) is 13.6 Å². The van der Waals surface area contributed by atoms with Crippen molar-refractivity contribution in [1.82, 2.24) is 10.6 Å². The first-order valence-electron chi connectivity index (χ1n) is 8.55. The molecule has 1 aliphatic rings. The lowest BCUT2D eigenvalue weighted by Crippen LogP contribution is -2.43. The Hall–Kier alpha value is -1.69. The van der Waals surface area contributed by atoms with Gasteiger partial charge in [0.25, 0.3) is 0 Å². The Morgan fingerprint density at radius 1 is 1.29 bits per heavy atom. The Morgan fingerprint density at radius 2 is 1.92 bits per heavy atom. The molecule has 1 saturated carbocycles. The van der Waals surface area contributed by atoms with Gasteiger partial charge >= 0.3 is 6.03 Å². The second-order valence-electron chi connectivity index (χ2n) is 6.59. The number of hydrogen-bond donors (Lipinski definition) is 3. The highest BCUT2D eigenvalue weighted by molar-refractivity contribution is 5.75. The normalized spacial score (nSPS) is 19.9. The molecule has 0 aromatic heterocycles. The predicted octanol–water partition coefficient (Wildman–Crippen LogP) is 3.31. The van der Waals surface area contributed by atoms with E-state index >= 15 is 0 Å².